The first-order chi connectivity index (χ1) is 5.68. The summed E-state index contributed by atoms with van der Waals surface area (Å²) >= 11 is 1.57. The number of carboxylic acid groups (broad SMARTS) is 1. The Hall–Kier alpha value is -1.03. The predicted octanol–water partition coefficient (Wildman–Crippen LogP) is 2.02. The Balaban J connectivity index is 2.36. The maximum absolute atomic E-state index is 10.3. The minimum absolute atomic E-state index is 0.0128. The molecule has 0 radical (unpaired) electrons. The molecule has 1 rings (SSSR count). The van der Waals surface area contributed by atoms with Crippen LogP contribution in [0.4, 0.5) is 5.00 Å². The number of hydrogen-bond acceptors (Lipinski definition) is 3. The molecule has 1 atom stereocenters. The summed E-state index contributed by atoms with van der Waals surface area (Å²) in [7, 11) is 0. The number of nitrogens with one attached hydrogen (secondary N) is 1. The van der Waals surface area contributed by atoms with Crippen molar-refractivity contribution in [2.24, 2.45) is 0 Å². The van der Waals surface area contributed by atoms with Gasteiger partial charge in [-0.25, -0.2) is 0 Å². The molecule has 66 valence electrons. The molecule has 0 aliphatic heterocycles. The van der Waals surface area contributed by atoms with Crippen molar-refractivity contribution in [1.82, 2.24) is 0 Å². The Morgan fingerprint density at radius 2 is 2.58 bits per heavy atom. The largest absolute Gasteiger partial charge is 0.481 e. The van der Waals surface area contributed by atoms with Crippen LogP contribution in [-0.2, 0) is 4.79 Å². The van der Waals surface area contributed by atoms with Gasteiger partial charge in [0, 0.05) is 6.04 Å². The quantitative estimate of drug-likeness (QED) is 0.754. The van der Waals surface area contributed by atoms with Crippen LogP contribution in [0, 0.1) is 0 Å². The molecule has 0 unspecified atom stereocenters. The summed E-state index contributed by atoms with van der Waals surface area (Å²) in [5.74, 6) is -0.772. The van der Waals surface area contributed by atoms with E-state index in [0.717, 1.165) is 5.00 Å². The molecule has 4 heteroatoms. The van der Waals surface area contributed by atoms with E-state index < -0.39 is 5.97 Å². The molecule has 0 aliphatic carbocycles. The van der Waals surface area contributed by atoms with E-state index in [9.17, 15) is 4.79 Å². The highest BCUT2D eigenvalue weighted by atomic mass is 32.1. The van der Waals surface area contributed by atoms with E-state index in [1.165, 1.54) is 0 Å². The van der Waals surface area contributed by atoms with Gasteiger partial charge >= 0.3 is 5.97 Å². The zero-order chi connectivity index (χ0) is 8.97. The molecule has 3 nitrogen and oxygen atoms in total. The van der Waals surface area contributed by atoms with Crippen molar-refractivity contribution in [2.75, 3.05) is 5.32 Å². The van der Waals surface area contributed by atoms with Crippen LogP contribution in [0.3, 0.4) is 0 Å². The summed E-state index contributed by atoms with van der Waals surface area (Å²) in [6.45, 7) is 1.86. The number of rotatable bonds is 4. The van der Waals surface area contributed by atoms with Gasteiger partial charge in [0.25, 0.3) is 0 Å². The highest BCUT2D eigenvalue weighted by molar-refractivity contribution is 7.14. The van der Waals surface area contributed by atoms with Gasteiger partial charge in [-0.05, 0) is 24.4 Å². The van der Waals surface area contributed by atoms with E-state index in [4.69, 9.17) is 5.11 Å². The normalized spacial score (nSPS) is 12.4. The Bertz CT molecular complexity index is 246. The molecule has 0 amide bonds. The third kappa shape index (κ3) is 2.92. The van der Waals surface area contributed by atoms with E-state index >= 15 is 0 Å². The molecule has 0 saturated carbocycles. The lowest BCUT2D eigenvalue weighted by Gasteiger charge is -2.09. The minimum atomic E-state index is -0.772. The summed E-state index contributed by atoms with van der Waals surface area (Å²) in [4.78, 5) is 10.3. The summed E-state index contributed by atoms with van der Waals surface area (Å²) < 4.78 is 0. The van der Waals surface area contributed by atoms with Gasteiger partial charge in [0.2, 0.25) is 0 Å². The lowest BCUT2D eigenvalue weighted by Crippen LogP contribution is -2.18. The topological polar surface area (TPSA) is 49.3 Å². The van der Waals surface area contributed by atoms with E-state index in [-0.39, 0.29) is 12.5 Å². The maximum Gasteiger partial charge on any atom is 0.305 e. The Morgan fingerprint density at radius 3 is 3.08 bits per heavy atom. The fourth-order valence-electron chi connectivity index (χ4n) is 0.916. The van der Waals surface area contributed by atoms with Crippen molar-refractivity contribution in [3.05, 3.63) is 17.5 Å². The molecule has 2 N–H and O–H groups in total. The van der Waals surface area contributed by atoms with Crippen LogP contribution in [0.2, 0.25) is 0 Å². The fourth-order valence-corrected chi connectivity index (χ4v) is 1.65. The van der Waals surface area contributed by atoms with Crippen molar-refractivity contribution >= 4 is 22.3 Å². The van der Waals surface area contributed by atoms with Crippen LogP contribution in [-0.4, -0.2) is 17.1 Å². The summed E-state index contributed by atoms with van der Waals surface area (Å²) in [6, 6.07) is 3.85. The van der Waals surface area contributed by atoms with E-state index in [1.54, 1.807) is 11.3 Å². The van der Waals surface area contributed by atoms with Crippen LogP contribution in [0.5, 0.6) is 0 Å². The second-order valence-electron chi connectivity index (χ2n) is 2.62. The molecule has 0 aromatic carbocycles. The first-order valence-electron chi connectivity index (χ1n) is 3.70. The van der Waals surface area contributed by atoms with Crippen LogP contribution in [0.25, 0.3) is 0 Å². The molecule has 0 fully saturated rings. The Morgan fingerprint density at radius 1 is 1.83 bits per heavy atom. The van der Waals surface area contributed by atoms with Gasteiger partial charge in [-0.2, -0.15) is 0 Å². The van der Waals surface area contributed by atoms with Crippen molar-refractivity contribution in [3.63, 3.8) is 0 Å². The number of aliphatic carboxylic acids is 1. The highest BCUT2D eigenvalue weighted by Crippen LogP contribution is 2.16. The predicted molar refractivity (Wildman–Crippen MR) is 49.7 cm³/mol. The lowest BCUT2D eigenvalue weighted by molar-refractivity contribution is -0.137. The van der Waals surface area contributed by atoms with Gasteiger partial charge in [-0.3, -0.25) is 4.79 Å². The second-order valence-corrected chi connectivity index (χ2v) is 3.57. The molecule has 1 aromatic heterocycles. The lowest BCUT2D eigenvalue weighted by atomic mass is 10.2. The standard InChI is InChI=1S/C8H11NO2S/c1-6(5-8(10)11)9-7-3-2-4-12-7/h2-4,6,9H,5H2,1H3,(H,10,11)/t6-/m1/s1. The molecule has 0 bridgehead atoms. The average Bonchev–Trinajstić information content (AvgIpc) is 2.37. The third-order valence-corrected chi connectivity index (χ3v) is 2.19. The van der Waals surface area contributed by atoms with E-state index in [0.29, 0.717) is 0 Å². The van der Waals surface area contributed by atoms with Crippen molar-refractivity contribution < 1.29 is 9.90 Å². The number of thiophene rings is 1. The Labute approximate surface area is 75.0 Å². The number of anilines is 1. The van der Waals surface area contributed by atoms with Gasteiger partial charge in [-0.1, -0.05) is 0 Å². The van der Waals surface area contributed by atoms with Gasteiger partial charge in [-0.15, -0.1) is 11.3 Å². The van der Waals surface area contributed by atoms with Crippen LogP contribution >= 0.6 is 11.3 Å². The first-order valence-corrected chi connectivity index (χ1v) is 4.58. The average molecular weight is 185 g/mol. The van der Waals surface area contributed by atoms with Gasteiger partial charge in [0.15, 0.2) is 0 Å². The zero-order valence-electron chi connectivity index (χ0n) is 6.78. The molecular formula is C8H11NO2S. The van der Waals surface area contributed by atoms with E-state index in [1.807, 2.05) is 24.4 Å². The number of hydrogen-bond donors (Lipinski definition) is 2. The molecular weight excluding hydrogens is 174 g/mol. The Kier molecular flexibility index (Phi) is 3.10. The molecule has 0 aliphatic rings. The zero-order valence-corrected chi connectivity index (χ0v) is 7.60. The SMILES string of the molecule is C[C@H](CC(=O)O)Nc1cccs1. The van der Waals surface area contributed by atoms with Crippen molar-refractivity contribution in [3.8, 4) is 0 Å². The molecule has 12 heavy (non-hydrogen) atoms. The maximum atomic E-state index is 10.3. The molecule has 0 spiro atoms. The first kappa shape index (κ1) is 9.06. The number of carboxylic acids is 1. The fraction of sp³-hybridized carbons (Fsp3) is 0.375. The summed E-state index contributed by atoms with van der Waals surface area (Å²) in [5.41, 5.74) is 0. The summed E-state index contributed by atoms with van der Waals surface area (Å²) in [6.07, 6.45) is 0.151. The monoisotopic (exact) mass is 185 g/mol. The van der Waals surface area contributed by atoms with Crippen molar-refractivity contribution in [2.45, 2.75) is 19.4 Å². The molecule has 0 saturated heterocycles. The molecule has 1 aromatic rings. The van der Waals surface area contributed by atoms with Crippen LogP contribution in [0.15, 0.2) is 17.5 Å². The molecule has 1 heterocycles. The van der Waals surface area contributed by atoms with Gasteiger partial charge in [0.05, 0.1) is 11.4 Å². The number of carbonyl (C=O) groups is 1. The van der Waals surface area contributed by atoms with Crippen LogP contribution in [0.1, 0.15) is 13.3 Å². The van der Waals surface area contributed by atoms with Gasteiger partial charge < -0.3 is 10.4 Å². The van der Waals surface area contributed by atoms with Gasteiger partial charge in [0.1, 0.15) is 0 Å². The van der Waals surface area contributed by atoms with E-state index in [2.05, 4.69) is 5.32 Å². The van der Waals surface area contributed by atoms with Crippen molar-refractivity contribution in [1.29, 1.82) is 0 Å². The minimum Gasteiger partial charge on any atom is -0.481 e. The highest BCUT2D eigenvalue weighted by Gasteiger charge is 2.06. The third-order valence-electron chi connectivity index (χ3n) is 1.39. The summed E-state index contributed by atoms with van der Waals surface area (Å²) in [5, 5.41) is 14.5. The smallest absolute Gasteiger partial charge is 0.305 e. The van der Waals surface area contributed by atoms with Crippen LogP contribution < -0.4 is 5.32 Å². The second kappa shape index (κ2) is 4.11.